The molecule has 2 aromatic rings. The van der Waals surface area contributed by atoms with Gasteiger partial charge in [-0.2, -0.15) is 0 Å². The maximum absolute atomic E-state index is 11.9. The minimum absolute atomic E-state index is 0.101. The van der Waals surface area contributed by atoms with Crippen LogP contribution in [-0.2, 0) is 4.79 Å². The van der Waals surface area contributed by atoms with Crippen LogP contribution in [0.15, 0.2) is 42.1 Å². The van der Waals surface area contributed by atoms with E-state index in [1.54, 1.807) is 24.3 Å². The molecule has 2 rings (SSSR count). The molecule has 5 nitrogen and oxygen atoms in total. The minimum Gasteiger partial charge on any atom is -0.398 e. The van der Waals surface area contributed by atoms with E-state index in [0.29, 0.717) is 27.8 Å². The van der Waals surface area contributed by atoms with Gasteiger partial charge in [-0.25, -0.2) is 0 Å². The van der Waals surface area contributed by atoms with Crippen LogP contribution >= 0.6 is 23.2 Å². The van der Waals surface area contributed by atoms with Crippen molar-refractivity contribution in [3.63, 3.8) is 0 Å². The molecule has 0 fully saturated rings. The molecule has 0 unspecified atom stereocenters. The summed E-state index contributed by atoms with van der Waals surface area (Å²) in [7, 11) is 3.75. The topological polar surface area (TPSA) is 93.2 Å². The summed E-state index contributed by atoms with van der Waals surface area (Å²) >= 11 is 12.3. The lowest BCUT2D eigenvalue weighted by Crippen LogP contribution is -2.29. The Hall–Kier alpha value is -2.21. The molecule has 0 aliphatic heterocycles. The lowest BCUT2D eigenvalue weighted by Gasteiger charge is -2.12. The normalized spacial score (nSPS) is 10.8. The predicted octanol–water partition coefficient (Wildman–Crippen LogP) is 3.90. The first kappa shape index (κ1) is 22.8. The largest absolute Gasteiger partial charge is 0.398 e. The molecule has 0 saturated heterocycles. The Morgan fingerprint density at radius 3 is 2.33 bits per heavy atom. The van der Waals surface area contributed by atoms with Crippen molar-refractivity contribution in [2.45, 2.75) is 13.3 Å². The molecule has 146 valence electrons. The number of benzene rings is 2. The molecule has 0 spiro atoms. The van der Waals surface area contributed by atoms with Crippen molar-refractivity contribution in [3.05, 3.63) is 57.7 Å². The summed E-state index contributed by atoms with van der Waals surface area (Å²) in [6.07, 6.45) is 2.40. The monoisotopic (exact) mass is 408 g/mol. The van der Waals surface area contributed by atoms with E-state index >= 15 is 0 Å². The summed E-state index contributed by atoms with van der Waals surface area (Å²) in [6.45, 7) is 2.54. The van der Waals surface area contributed by atoms with Crippen molar-refractivity contribution in [2.24, 2.45) is 5.73 Å². The number of para-hydroxylation sites is 1. The number of hydrogen-bond acceptors (Lipinski definition) is 4. The van der Waals surface area contributed by atoms with E-state index in [9.17, 15) is 4.79 Å². The van der Waals surface area contributed by atoms with Crippen molar-refractivity contribution in [3.8, 4) is 11.1 Å². The second-order valence-electron chi connectivity index (χ2n) is 5.77. The number of nitrogens with two attached hydrogens (primary N) is 2. The molecule has 7 heteroatoms. The van der Waals surface area contributed by atoms with E-state index < -0.39 is 0 Å². The molecule has 0 aliphatic rings. The molecule has 1 amide bonds. The predicted molar refractivity (Wildman–Crippen MR) is 117 cm³/mol. The highest BCUT2D eigenvalue weighted by Gasteiger charge is 2.12. The van der Waals surface area contributed by atoms with Crippen molar-refractivity contribution < 1.29 is 4.79 Å². The molecule has 0 heterocycles. The Bertz CT molecular complexity index is 807. The third-order valence-corrected chi connectivity index (χ3v) is 4.31. The lowest BCUT2D eigenvalue weighted by atomic mass is 9.99. The number of nitrogens with one attached hydrogen (secondary N) is 2. The SMILES string of the molecule is CCCNC(=O)/C(N)=C/c1cccc(-c2cccc(Cl)c2Cl)c1N.CNC. The minimum atomic E-state index is -0.317. The summed E-state index contributed by atoms with van der Waals surface area (Å²) in [5, 5.41) is 6.36. The standard InChI is InChI=1S/C18H19Cl2N3O.C2H7N/c1-2-9-23-18(24)15(21)10-11-5-3-7-13(17(11)22)12-6-4-8-14(19)16(12)20;1-3-2/h3-8,10H,2,9,21-22H2,1H3,(H,23,24);3H,1-2H3/b15-10-;. The number of carbonyl (C=O) groups excluding carboxylic acids is 1. The number of carbonyl (C=O) groups is 1. The van der Waals surface area contributed by atoms with Gasteiger partial charge < -0.3 is 22.1 Å². The Morgan fingerprint density at radius 2 is 1.70 bits per heavy atom. The van der Waals surface area contributed by atoms with Crippen LogP contribution in [0, 0.1) is 0 Å². The maximum atomic E-state index is 11.9. The van der Waals surface area contributed by atoms with Crippen molar-refractivity contribution in [1.29, 1.82) is 0 Å². The first-order chi connectivity index (χ1) is 12.9. The number of halogens is 2. The molecule has 0 radical (unpaired) electrons. The van der Waals surface area contributed by atoms with Gasteiger partial charge in [0.2, 0.25) is 0 Å². The summed E-state index contributed by atoms with van der Waals surface area (Å²) < 4.78 is 0. The second-order valence-corrected chi connectivity index (χ2v) is 6.55. The molecule has 0 saturated carbocycles. The molecular weight excluding hydrogens is 383 g/mol. The van der Waals surface area contributed by atoms with E-state index in [0.717, 1.165) is 17.5 Å². The first-order valence-electron chi connectivity index (χ1n) is 8.54. The van der Waals surface area contributed by atoms with Gasteiger partial charge in [0.25, 0.3) is 5.91 Å². The second kappa shape index (κ2) is 11.5. The van der Waals surface area contributed by atoms with Crippen LogP contribution in [0.2, 0.25) is 10.0 Å². The Labute approximate surface area is 170 Å². The summed E-state index contributed by atoms with van der Waals surface area (Å²) in [5.74, 6) is -0.317. The smallest absolute Gasteiger partial charge is 0.267 e. The average Bonchev–Trinajstić information content (AvgIpc) is 2.64. The Balaban J connectivity index is 0.00000114. The summed E-state index contributed by atoms with van der Waals surface area (Å²) in [6, 6.07) is 10.8. The highest BCUT2D eigenvalue weighted by Crippen LogP contribution is 2.37. The van der Waals surface area contributed by atoms with Gasteiger partial charge in [-0.3, -0.25) is 4.79 Å². The van der Waals surface area contributed by atoms with Gasteiger partial charge in [0, 0.05) is 28.9 Å². The maximum Gasteiger partial charge on any atom is 0.267 e. The third kappa shape index (κ3) is 6.47. The van der Waals surface area contributed by atoms with Crippen LogP contribution in [0.1, 0.15) is 18.9 Å². The van der Waals surface area contributed by atoms with Crippen LogP contribution in [0.25, 0.3) is 17.2 Å². The molecule has 0 aromatic heterocycles. The molecular formula is C20H26Cl2N4O. The first-order valence-corrected chi connectivity index (χ1v) is 9.29. The van der Waals surface area contributed by atoms with Crippen molar-refractivity contribution in [2.75, 3.05) is 26.4 Å². The third-order valence-electron chi connectivity index (χ3n) is 3.49. The molecule has 0 atom stereocenters. The fourth-order valence-corrected chi connectivity index (χ4v) is 2.63. The highest BCUT2D eigenvalue weighted by atomic mass is 35.5. The Kier molecular flexibility index (Phi) is 9.72. The molecule has 2 aromatic carbocycles. The zero-order valence-electron chi connectivity index (χ0n) is 15.8. The van der Waals surface area contributed by atoms with Crippen LogP contribution in [0.3, 0.4) is 0 Å². The van der Waals surface area contributed by atoms with Crippen LogP contribution in [0.5, 0.6) is 0 Å². The van der Waals surface area contributed by atoms with E-state index in [2.05, 4.69) is 10.6 Å². The van der Waals surface area contributed by atoms with Crippen molar-refractivity contribution >= 4 is 40.9 Å². The fourth-order valence-electron chi connectivity index (χ4n) is 2.23. The fraction of sp³-hybridized carbons (Fsp3) is 0.250. The van der Waals surface area contributed by atoms with Gasteiger partial charge in [0.1, 0.15) is 0 Å². The zero-order valence-corrected chi connectivity index (χ0v) is 17.3. The molecule has 0 aliphatic carbocycles. The average molecular weight is 409 g/mol. The number of anilines is 1. The van der Waals surface area contributed by atoms with Crippen molar-refractivity contribution in [1.82, 2.24) is 10.6 Å². The van der Waals surface area contributed by atoms with Crippen LogP contribution < -0.4 is 22.1 Å². The van der Waals surface area contributed by atoms with Gasteiger partial charge >= 0.3 is 0 Å². The lowest BCUT2D eigenvalue weighted by molar-refractivity contribution is -0.117. The summed E-state index contributed by atoms with van der Waals surface area (Å²) in [5.41, 5.74) is 14.8. The number of rotatable bonds is 5. The highest BCUT2D eigenvalue weighted by molar-refractivity contribution is 6.43. The van der Waals surface area contributed by atoms with Gasteiger partial charge in [-0.05, 0) is 32.7 Å². The molecule has 0 bridgehead atoms. The van der Waals surface area contributed by atoms with Gasteiger partial charge in [-0.1, -0.05) is 60.5 Å². The van der Waals surface area contributed by atoms with Gasteiger partial charge in [-0.15, -0.1) is 0 Å². The number of amides is 1. The Morgan fingerprint density at radius 1 is 1.11 bits per heavy atom. The van der Waals surface area contributed by atoms with Gasteiger partial charge in [0.15, 0.2) is 0 Å². The summed E-state index contributed by atoms with van der Waals surface area (Å²) in [4.78, 5) is 11.9. The van der Waals surface area contributed by atoms with Gasteiger partial charge in [0.05, 0.1) is 15.7 Å². The van der Waals surface area contributed by atoms with E-state index in [4.69, 9.17) is 34.7 Å². The molecule has 27 heavy (non-hydrogen) atoms. The van der Waals surface area contributed by atoms with E-state index in [1.165, 1.54) is 0 Å². The van der Waals surface area contributed by atoms with Crippen LogP contribution in [-0.4, -0.2) is 26.5 Å². The molecule has 6 N–H and O–H groups in total. The quantitative estimate of drug-likeness (QED) is 0.445. The van der Waals surface area contributed by atoms with Crippen LogP contribution in [0.4, 0.5) is 5.69 Å². The van der Waals surface area contributed by atoms with E-state index in [-0.39, 0.29) is 11.6 Å². The number of nitrogen functional groups attached to an aromatic ring is 1. The van der Waals surface area contributed by atoms with E-state index in [1.807, 2.05) is 39.2 Å². The zero-order chi connectivity index (χ0) is 20.4. The number of hydrogen-bond donors (Lipinski definition) is 4.